The summed E-state index contributed by atoms with van der Waals surface area (Å²) >= 11 is 3.00. The van der Waals surface area contributed by atoms with E-state index in [9.17, 15) is 13.6 Å². The molecule has 1 spiro atoms. The Bertz CT molecular complexity index is 988. The number of nitrogens with two attached hydrogens (primary N) is 1. The van der Waals surface area contributed by atoms with E-state index < -0.39 is 22.5 Å². The van der Waals surface area contributed by atoms with E-state index in [1.165, 1.54) is 21.6 Å². The van der Waals surface area contributed by atoms with Gasteiger partial charge in [-0.2, -0.15) is 5.10 Å². The molecule has 2 aromatic rings. The molecule has 1 amide bonds. The minimum Gasteiger partial charge on any atom is -0.320 e. The number of aryl methyl sites for hydroxylation is 1. The molecule has 0 bridgehead atoms. The van der Waals surface area contributed by atoms with Crippen molar-refractivity contribution < 1.29 is 13.6 Å². The Hall–Kier alpha value is -1.77. The van der Waals surface area contributed by atoms with Crippen molar-refractivity contribution in [2.75, 3.05) is 0 Å². The van der Waals surface area contributed by atoms with Crippen LogP contribution < -0.4 is 5.73 Å². The number of benzene rings is 1. The molecule has 1 aromatic heterocycles. The fraction of sp³-hybridized carbons (Fsp3) is 0.400. The topological polar surface area (TPSA) is 58.7 Å². The van der Waals surface area contributed by atoms with Gasteiger partial charge in [0.15, 0.2) is 0 Å². The van der Waals surface area contributed by atoms with Crippen molar-refractivity contribution in [3.05, 3.63) is 57.3 Å². The molecule has 146 valence electrons. The highest BCUT2D eigenvalue weighted by atomic mass is 32.2. The van der Waals surface area contributed by atoms with Gasteiger partial charge in [0.2, 0.25) is 0 Å². The third kappa shape index (κ3) is 2.81. The minimum atomic E-state index is -0.731. The van der Waals surface area contributed by atoms with Crippen molar-refractivity contribution >= 4 is 34.0 Å². The fourth-order valence-electron chi connectivity index (χ4n) is 4.02. The molecule has 3 aliphatic rings. The third-order valence-corrected chi connectivity index (χ3v) is 8.08. The summed E-state index contributed by atoms with van der Waals surface area (Å²) in [7, 11) is 0. The van der Waals surface area contributed by atoms with Gasteiger partial charge in [-0.05, 0) is 67.7 Å². The molecule has 2 atom stereocenters. The molecular formula is C20H19F2N3OS2. The smallest absolute Gasteiger partial charge is 0.261 e. The minimum absolute atomic E-state index is 0.0852. The lowest BCUT2D eigenvalue weighted by molar-refractivity contribution is -0.137. The zero-order valence-corrected chi connectivity index (χ0v) is 16.7. The van der Waals surface area contributed by atoms with Gasteiger partial charge in [-0.15, -0.1) is 11.3 Å². The lowest BCUT2D eigenvalue weighted by Gasteiger charge is -2.39. The van der Waals surface area contributed by atoms with Crippen LogP contribution in [0.4, 0.5) is 8.78 Å². The maximum absolute atomic E-state index is 14.5. The Labute approximate surface area is 169 Å². The predicted molar refractivity (Wildman–Crippen MR) is 107 cm³/mol. The highest BCUT2D eigenvalue weighted by molar-refractivity contribution is 8.15. The lowest BCUT2D eigenvalue weighted by atomic mass is 9.92. The Morgan fingerprint density at radius 3 is 2.93 bits per heavy atom. The van der Waals surface area contributed by atoms with Crippen LogP contribution in [0.3, 0.4) is 0 Å². The lowest BCUT2D eigenvalue weighted by Crippen LogP contribution is -2.50. The zero-order chi connectivity index (χ0) is 19.5. The molecule has 2 unspecified atom stereocenters. The van der Waals surface area contributed by atoms with E-state index in [0.29, 0.717) is 11.5 Å². The first kappa shape index (κ1) is 18.3. The largest absolute Gasteiger partial charge is 0.320 e. The van der Waals surface area contributed by atoms with Crippen molar-refractivity contribution in [1.82, 2.24) is 5.01 Å². The van der Waals surface area contributed by atoms with E-state index in [1.807, 2.05) is 11.4 Å². The normalized spacial score (nSPS) is 25.0. The number of carbonyl (C=O) groups is 1. The van der Waals surface area contributed by atoms with E-state index in [2.05, 4.69) is 5.10 Å². The Morgan fingerprint density at radius 2 is 2.14 bits per heavy atom. The SMILES string of the molecule is NC(C(=O)N1N=C(c2cc(F)ccc2F)SC12CCCc1sccc12)C1CC1. The van der Waals surface area contributed by atoms with Crippen molar-refractivity contribution in [1.29, 1.82) is 0 Å². The highest BCUT2D eigenvalue weighted by Crippen LogP contribution is 2.55. The van der Waals surface area contributed by atoms with E-state index in [-0.39, 0.29) is 17.4 Å². The number of hydrogen-bond acceptors (Lipinski definition) is 5. The summed E-state index contributed by atoms with van der Waals surface area (Å²) in [6, 6.07) is 4.73. The Kier molecular flexibility index (Phi) is 4.33. The van der Waals surface area contributed by atoms with Gasteiger partial charge in [0.25, 0.3) is 5.91 Å². The number of carbonyl (C=O) groups excluding carboxylic acids is 1. The number of thiophene rings is 1. The summed E-state index contributed by atoms with van der Waals surface area (Å²) in [5.74, 6) is -1.14. The molecule has 1 saturated carbocycles. The second kappa shape index (κ2) is 6.64. The number of nitrogens with zero attached hydrogens (tertiary/aromatic N) is 2. The van der Waals surface area contributed by atoms with Gasteiger partial charge in [0.1, 0.15) is 21.5 Å². The second-order valence-electron chi connectivity index (χ2n) is 7.54. The number of rotatable bonds is 3. The summed E-state index contributed by atoms with van der Waals surface area (Å²) in [5.41, 5.74) is 7.35. The number of hydrogen-bond donors (Lipinski definition) is 1. The summed E-state index contributed by atoms with van der Waals surface area (Å²) < 4.78 is 28.2. The van der Waals surface area contributed by atoms with Crippen LogP contribution in [0, 0.1) is 17.6 Å². The maximum Gasteiger partial charge on any atom is 0.261 e. The number of halogens is 2. The quantitative estimate of drug-likeness (QED) is 0.812. The molecule has 0 radical (unpaired) electrons. The van der Waals surface area contributed by atoms with Crippen LogP contribution in [-0.2, 0) is 16.1 Å². The molecule has 2 aliphatic carbocycles. The predicted octanol–water partition coefficient (Wildman–Crippen LogP) is 4.19. The number of hydrazone groups is 1. The zero-order valence-electron chi connectivity index (χ0n) is 15.0. The van der Waals surface area contributed by atoms with Gasteiger partial charge < -0.3 is 5.73 Å². The molecule has 5 rings (SSSR count). The standard InChI is InChI=1S/C20H19F2N3OS2/c21-12-5-6-15(22)13(10-12)18-24-25(19(26)17(23)11-3-4-11)20(28-18)8-1-2-16-14(20)7-9-27-16/h5-7,9-11,17H,1-4,8,23H2. The molecule has 1 aliphatic heterocycles. The van der Waals surface area contributed by atoms with Crippen LogP contribution in [0.1, 0.15) is 41.7 Å². The van der Waals surface area contributed by atoms with Gasteiger partial charge in [-0.25, -0.2) is 13.8 Å². The molecule has 0 saturated heterocycles. The van der Waals surface area contributed by atoms with E-state index >= 15 is 0 Å². The fourth-order valence-corrected chi connectivity index (χ4v) is 6.56. The van der Waals surface area contributed by atoms with Crippen LogP contribution in [-0.4, -0.2) is 22.0 Å². The van der Waals surface area contributed by atoms with E-state index in [4.69, 9.17) is 5.73 Å². The monoisotopic (exact) mass is 419 g/mol. The first-order valence-electron chi connectivity index (χ1n) is 9.39. The second-order valence-corrected chi connectivity index (χ2v) is 9.81. The summed E-state index contributed by atoms with van der Waals surface area (Å²) in [6.45, 7) is 0. The first-order valence-corrected chi connectivity index (χ1v) is 11.1. The van der Waals surface area contributed by atoms with Crippen LogP contribution in [0.15, 0.2) is 34.7 Å². The molecule has 1 fully saturated rings. The summed E-state index contributed by atoms with van der Waals surface area (Å²) in [6.07, 6.45) is 4.45. The first-order chi connectivity index (χ1) is 13.5. The van der Waals surface area contributed by atoms with Crippen molar-refractivity contribution in [3.8, 4) is 0 Å². The number of amides is 1. The van der Waals surface area contributed by atoms with Gasteiger partial charge in [-0.3, -0.25) is 4.79 Å². The molecule has 8 heteroatoms. The van der Waals surface area contributed by atoms with E-state index in [0.717, 1.165) is 49.4 Å². The van der Waals surface area contributed by atoms with Crippen LogP contribution >= 0.6 is 23.1 Å². The molecule has 2 heterocycles. The Balaban J connectivity index is 1.62. The average Bonchev–Trinajstić information content (AvgIpc) is 3.30. The van der Waals surface area contributed by atoms with E-state index in [1.54, 1.807) is 11.3 Å². The maximum atomic E-state index is 14.5. The van der Waals surface area contributed by atoms with Crippen LogP contribution in [0.5, 0.6) is 0 Å². The molecule has 28 heavy (non-hydrogen) atoms. The number of fused-ring (bicyclic) bond motifs is 2. The van der Waals surface area contributed by atoms with Crippen molar-refractivity contribution in [2.24, 2.45) is 16.8 Å². The van der Waals surface area contributed by atoms with Crippen LogP contribution in [0.25, 0.3) is 0 Å². The number of thioether (sulfide) groups is 1. The third-order valence-electron chi connectivity index (χ3n) is 5.67. The highest BCUT2D eigenvalue weighted by Gasteiger charge is 2.53. The van der Waals surface area contributed by atoms with Crippen LogP contribution in [0.2, 0.25) is 0 Å². The molecule has 2 N–H and O–H groups in total. The van der Waals surface area contributed by atoms with Gasteiger partial charge >= 0.3 is 0 Å². The summed E-state index contributed by atoms with van der Waals surface area (Å²) in [5, 5.41) is 8.35. The average molecular weight is 420 g/mol. The molecular weight excluding hydrogens is 400 g/mol. The summed E-state index contributed by atoms with van der Waals surface area (Å²) in [4.78, 5) is 13.8. The van der Waals surface area contributed by atoms with Gasteiger partial charge in [0.05, 0.1) is 6.04 Å². The van der Waals surface area contributed by atoms with Gasteiger partial charge in [-0.1, -0.05) is 11.8 Å². The van der Waals surface area contributed by atoms with Gasteiger partial charge in [0, 0.05) is 16.0 Å². The molecule has 4 nitrogen and oxygen atoms in total. The van der Waals surface area contributed by atoms with Crippen molar-refractivity contribution in [3.63, 3.8) is 0 Å². The Morgan fingerprint density at radius 1 is 1.32 bits per heavy atom. The molecule has 1 aromatic carbocycles. The van der Waals surface area contributed by atoms with Crippen molar-refractivity contribution in [2.45, 2.75) is 43.0 Å².